The molecule has 0 radical (unpaired) electrons. The van der Waals surface area contributed by atoms with E-state index in [2.05, 4.69) is 9.47 Å². The summed E-state index contributed by atoms with van der Waals surface area (Å²) in [6, 6.07) is 12.6. The second-order valence-electron chi connectivity index (χ2n) is 7.64. The minimum absolute atomic E-state index is 0.0472. The number of hydrogen-bond donors (Lipinski definition) is 0. The van der Waals surface area contributed by atoms with Crippen molar-refractivity contribution in [3.63, 3.8) is 0 Å². The highest BCUT2D eigenvalue weighted by Crippen LogP contribution is 2.33. The summed E-state index contributed by atoms with van der Waals surface area (Å²) in [4.78, 5) is 0. The first-order chi connectivity index (χ1) is 16.0. The van der Waals surface area contributed by atoms with Crippen LogP contribution in [0.2, 0.25) is 0 Å². The fourth-order valence-electron chi connectivity index (χ4n) is 3.34. The van der Waals surface area contributed by atoms with Crippen molar-refractivity contribution in [3.8, 4) is 22.6 Å². The molecule has 0 atom stereocenters. The first kappa shape index (κ1) is 25.4. The van der Waals surface area contributed by atoms with Gasteiger partial charge in [-0.2, -0.15) is 8.78 Å². The Kier molecular flexibility index (Phi) is 7.74. The van der Waals surface area contributed by atoms with Crippen molar-refractivity contribution < 1.29 is 40.2 Å². The molecule has 0 heterocycles. The largest absolute Gasteiger partial charge is 0.573 e. The number of halogens is 7. The van der Waals surface area contributed by atoms with E-state index >= 15 is 0 Å². The van der Waals surface area contributed by atoms with Gasteiger partial charge in [0, 0.05) is 11.6 Å². The molecule has 3 aromatic rings. The summed E-state index contributed by atoms with van der Waals surface area (Å²) in [5, 5.41) is 0. The highest BCUT2D eigenvalue weighted by atomic mass is 19.4. The lowest BCUT2D eigenvalue weighted by molar-refractivity contribution is -0.275. The molecule has 2 nitrogen and oxygen atoms in total. The minimum Gasteiger partial charge on any atom is -0.432 e. The number of alkyl halides is 5. The van der Waals surface area contributed by atoms with Gasteiger partial charge in [0.25, 0.3) is 0 Å². The zero-order valence-electron chi connectivity index (χ0n) is 18.1. The average Bonchev–Trinajstić information content (AvgIpc) is 2.74. The van der Waals surface area contributed by atoms with Crippen LogP contribution in [0.1, 0.15) is 30.9 Å². The number of rotatable bonds is 9. The Morgan fingerprint density at radius 3 is 1.91 bits per heavy atom. The third kappa shape index (κ3) is 7.13. The van der Waals surface area contributed by atoms with Crippen molar-refractivity contribution in [2.24, 2.45) is 0 Å². The Labute approximate surface area is 191 Å². The van der Waals surface area contributed by atoms with Crippen LogP contribution in [0.5, 0.6) is 11.5 Å². The lowest BCUT2D eigenvalue weighted by atomic mass is 10.0. The van der Waals surface area contributed by atoms with E-state index in [1.165, 1.54) is 0 Å². The van der Waals surface area contributed by atoms with Crippen molar-refractivity contribution >= 4 is 0 Å². The monoisotopic (exact) mass is 486 g/mol. The predicted molar refractivity (Wildman–Crippen MR) is 113 cm³/mol. The summed E-state index contributed by atoms with van der Waals surface area (Å²) in [5.74, 6) is -3.88. The quantitative estimate of drug-likeness (QED) is 0.285. The summed E-state index contributed by atoms with van der Waals surface area (Å²) >= 11 is 0. The van der Waals surface area contributed by atoms with Crippen LogP contribution in [0.4, 0.5) is 30.7 Å². The molecule has 0 aliphatic rings. The van der Waals surface area contributed by atoms with Gasteiger partial charge in [0.2, 0.25) is 0 Å². The Morgan fingerprint density at radius 1 is 0.706 bits per heavy atom. The van der Waals surface area contributed by atoms with Crippen molar-refractivity contribution in [2.75, 3.05) is 0 Å². The van der Waals surface area contributed by atoms with E-state index in [0.29, 0.717) is 23.8 Å². The van der Waals surface area contributed by atoms with E-state index in [4.69, 9.17) is 0 Å². The van der Waals surface area contributed by atoms with E-state index in [1.54, 1.807) is 12.1 Å². The SMILES string of the molecule is CCCc1ccc(CCC(F)(F)Oc2ccc(-c3ccc(OC(F)(F)F)c(F)c3)c(F)c2)cc1. The van der Waals surface area contributed by atoms with Gasteiger partial charge in [0.05, 0.1) is 6.42 Å². The summed E-state index contributed by atoms with van der Waals surface area (Å²) in [7, 11) is 0. The fraction of sp³-hybridized carbons (Fsp3) is 0.280. The van der Waals surface area contributed by atoms with Gasteiger partial charge in [-0.25, -0.2) is 8.78 Å². The van der Waals surface area contributed by atoms with Gasteiger partial charge in [-0.1, -0.05) is 43.7 Å². The summed E-state index contributed by atoms with van der Waals surface area (Å²) in [6.45, 7) is 2.04. The Balaban J connectivity index is 1.66. The molecule has 0 amide bonds. The van der Waals surface area contributed by atoms with E-state index in [0.717, 1.165) is 36.6 Å². The molecule has 0 spiro atoms. The first-order valence-corrected chi connectivity index (χ1v) is 10.5. The van der Waals surface area contributed by atoms with E-state index in [1.807, 2.05) is 19.1 Å². The summed E-state index contributed by atoms with van der Waals surface area (Å²) in [5.41, 5.74) is 1.52. The van der Waals surface area contributed by atoms with Gasteiger partial charge < -0.3 is 9.47 Å². The molecular weight excluding hydrogens is 465 g/mol. The summed E-state index contributed by atoms with van der Waals surface area (Å²) < 4.78 is 102. The van der Waals surface area contributed by atoms with Crippen LogP contribution in [0.15, 0.2) is 60.7 Å². The number of hydrogen-bond acceptors (Lipinski definition) is 2. The maximum absolute atomic E-state index is 14.5. The minimum atomic E-state index is -5.09. The maximum atomic E-state index is 14.5. The van der Waals surface area contributed by atoms with Crippen LogP contribution in [0.25, 0.3) is 11.1 Å². The maximum Gasteiger partial charge on any atom is 0.573 e. The number of ether oxygens (including phenoxy) is 2. The summed E-state index contributed by atoms with van der Waals surface area (Å²) in [6.07, 6.45) is -7.36. The normalized spacial score (nSPS) is 12.0. The van der Waals surface area contributed by atoms with Crippen LogP contribution >= 0.6 is 0 Å². The molecule has 0 aromatic heterocycles. The fourth-order valence-corrected chi connectivity index (χ4v) is 3.34. The Bertz CT molecular complexity index is 1110. The molecule has 0 fully saturated rings. The topological polar surface area (TPSA) is 18.5 Å². The number of aryl methyl sites for hydroxylation is 2. The van der Waals surface area contributed by atoms with Crippen LogP contribution in [0, 0.1) is 11.6 Å². The second-order valence-corrected chi connectivity index (χ2v) is 7.64. The van der Waals surface area contributed by atoms with Crippen molar-refractivity contribution in [3.05, 3.63) is 83.4 Å². The standard InChI is InChI=1S/C25H21F7O2/c1-2-3-16-4-6-17(7-5-16)12-13-24(28,29)33-19-9-10-20(21(26)15-19)18-8-11-23(22(27)14-18)34-25(30,31)32/h4-11,14-15H,2-3,12-13H2,1H3. The number of benzene rings is 3. The molecule has 182 valence electrons. The highest BCUT2D eigenvalue weighted by Gasteiger charge is 2.33. The molecule has 0 bridgehead atoms. The van der Waals surface area contributed by atoms with Gasteiger partial charge in [-0.05, 0) is 53.8 Å². The Hall–Kier alpha value is -3.23. The van der Waals surface area contributed by atoms with Gasteiger partial charge in [0.1, 0.15) is 11.6 Å². The molecule has 0 aliphatic heterocycles. The van der Waals surface area contributed by atoms with Crippen LogP contribution < -0.4 is 9.47 Å². The third-order valence-corrected chi connectivity index (χ3v) is 4.94. The molecular formula is C25H21F7O2. The van der Waals surface area contributed by atoms with E-state index in [9.17, 15) is 30.7 Å². The molecule has 3 aromatic carbocycles. The van der Waals surface area contributed by atoms with E-state index < -0.39 is 42.0 Å². The lowest BCUT2D eigenvalue weighted by Gasteiger charge is -2.18. The molecule has 0 saturated carbocycles. The van der Waals surface area contributed by atoms with Gasteiger partial charge >= 0.3 is 12.5 Å². The van der Waals surface area contributed by atoms with Crippen LogP contribution in [0.3, 0.4) is 0 Å². The zero-order chi connectivity index (χ0) is 24.9. The van der Waals surface area contributed by atoms with Crippen LogP contribution in [-0.4, -0.2) is 12.5 Å². The lowest BCUT2D eigenvalue weighted by Crippen LogP contribution is -2.25. The van der Waals surface area contributed by atoms with Gasteiger partial charge in [-0.15, -0.1) is 13.2 Å². The van der Waals surface area contributed by atoms with Crippen molar-refractivity contribution in [1.82, 2.24) is 0 Å². The Morgan fingerprint density at radius 2 is 1.35 bits per heavy atom. The zero-order valence-corrected chi connectivity index (χ0v) is 18.1. The molecule has 0 N–H and O–H groups in total. The molecule has 34 heavy (non-hydrogen) atoms. The first-order valence-electron chi connectivity index (χ1n) is 10.5. The predicted octanol–water partition coefficient (Wildman–Crippen LogP) is 8.09. The average molecular weight is 486 g/mol. The van der Waals surface area contributed by atoms with E-state index in [-0.39, 0.29) is 17.5 Å². The molecule has 0 saturated heterocycles. The smallest absolute Gasteiger partial charge is 0.432 e. The molecule has 0 aliphatic carbocycles. The highest BCUT2D eigenvalue weighted by molar-refractivity contribution is 5.66. The van der Waals surface area contributed by atoms with Gasteiger partial charge in [0.15, 0.2) is 11.6 Å². The molecule has 3 rings (SSSR count). The third-order valence-electron chi connectivity index (χ3n) is 4.94. The molecule has 9 heteroatoms. The van der Waals surface area contributed by atoms with Gasteiger partial charge in [-0.3, -0.25) is 0 Å². The second kappa shape index (κ2) is 10.4. The van der Waals surface area contributed by atoms with Crippen LogP contribution in [-0.2, 0) is 12.8 Å². The van der Waals surface area contributed by atoms with Crippen molar-refractivity contribution in [2.45, 2.75) is 45.1 Å². The van der Waals surface area contributed by atoms with Crippen molar-refractivity contribution in [1.29, 1.82) is 0 Å². The molecule has 0 unspecified atom stereocenters.